The molecule has 5 rings (SSSR count). The normalized spacial score (nSPS) is 19.3. The van der Waals surface area contributed by atoms with Gasteiger partial charge in [-0.05, 0) is 35.2 Å². The van der Waals surface area contributed by atoms with E-state index in [9.17, 15) is 9.59 Å². The summed E-state index contributed by atoms with van der Waals surface area (Å²) in [5, 5.41) is 3.02. The highest BCUT2D eigenvalue weighted by molar-refractivity contribution is 5.95. The second-order valence-electron chi connectivity index (χ2n) is 8.04. The maximum atomic E-state index is 12.7. The SMILES string of the molecule is COC1C(=O)CCCN(Cc2ccccc2)C1NC(=O)c1ccccc1.c1cc2ccc1-2. The number of nitrogens with zero attached hydrogens (tertiary/aromatic N) is 1. The van der Waals surface area contributed by atoms with E-state index in [1.54, 1.807) is 12.1 Å². The lowest BCUT2D eigenvalue weighted by Crippen LogP contribution is -2.56. The molecule has 1 saturated heterocycles. The zero-order chi connectivity index (χ0) is 22.3. The van der Waals surface area contributed by atoms with Gasteiger partial charge in [0, 0.05) is 32.2 Å². The molecule has 32 heavy (non-hydrogen) atoms. The molecule has 1 aliphatic heterocycles. The summed E-state index contributed by atoms with van der Waals surface area (Å²) in [6.45, 7) is 1.37. The zero-order valence-corrected chi connectivity index (χ0v) is 18.2. The van der Waals surface area contributed by atoms with Crippen LogP contribution in [0.4, 0.5) is 0 Å². The predicted octanol–water partition coefficient (Wildman–Crippen LogP) is 4.29. The van der Waals surface area contributed by atoms with Crippen LogP contribution < -0.4 is 5.32 Å². The molecular weight excluding hydrogens is 400 g/mol. The lowest BCUT2D eigenvalue weighted by atomic mass is 9.95. The van der Waals surface area contributed by atoms with Crippen LogP contribution >= 0.6 is 0 Å². The van der Waals surface area contributed by atoms with Crippen molar-refractivity contribution in [2.75, 3.05) is 13.7 Å². The number of amides is 1. The molecule has 0 bridgehead atoms. The second-order valence-corrected chi connectivity index (χ2v) is 8.04. The molecule has 0 saturated carbocycles. The first-order valence-corrected chi connectivity index (χ1v) is 11.0. The summed E-state index contributed by atoms with van der Waals surface area (Å²) >= 11 is 0. The van der Waals surface area contributed by atoms with E-state index in [0.717, 1.165) is 18.5 Å². The van der Waals surface area contributed by atoms with Gasteiger partial charge < -0.3 is 10.1 Å². The van der Waals surface area contributed by atoms with Gasteiger partial charge in [0.15, 0.2) is 5.78 Å². The minimum atomic E-state index is -0.672. The Kier molecular flexibility index (Phi) is 7.10. The van der Waals surface area contributed by atoms with Crippen molar-refractivity contribution in [2.45, 2.75) is 31.7 Å². The lowest BCUT2D eigenvalue weighted by molar-refractivity contribution is -0.132. The van der Waals surface area contributed by atoms with Crippen LogP contribution in [0.2, 0.25) is 0 Å². The third-order valence-corrected chi connectivity index (χ3v) is 5.88. The number of fused-ring (bicyclic) bond motifs is 1. The van der Waals surface area contributed by atoms with Gasteiger partial charge >= 0.3 is 0 Å². The average Bonchev–Trinajstić information content (AvgIpc) is 2.96. The number of nitrogens with one attached hydrogen (secondary N) is 1. The molecule has 2 aromatic rings. The quantitative estimate of drug-likeness (QED) is 0.515. The number of hydrogen-bond acceptors (Lipinski definition) is 4. The number of methoxy groups -OCH3 is 1. The molecule has 1 fully saturated rings. The Labute approximate surface area is 189 Å². The van der Waals surface area contributed by atoms with Crippen molar-refractivity contribution >= 4 is 11.7 Å². The second kappa shape index (κ2) is 10.4. The number of likely N-dealkylation sites (tertiary alicyclic amines) is 1. The first-order chi connectivity index (χ1) is 15.7. The van der Waals surface area contributed by atoms with Gasteiger partial charge in [-0.25, -0.2) is 0 Å². The molecule has 0 aromatic heterocycles. The van der Waals surface area contributed by atoms with E-state index in [0.29, 0.717) is 18.5 Å². The molecule has 2 aliphatic carbocycles. The first kappa shape index (κ1) is 21.9. The summed E-state index contributed by atoms with van der Waals surface area (Å²) in [5.74, 6) is -0.174. The highest BCUT2D eigenvalue weighted by Gasteiger charge is 2.36. The Hall–Kier alpha value is -3.28. The van der Waals surface area contributed by atoms with Crippen molar-refractivity contribution in [1.82, 2.24) is 10.2 Å². The highest BCUT2D eigenvalue weighted by Crippen LogP contribution is 2.29. The summed E-state index contributed by atoms with van der Waals surface area (Å²) in [6, 6.07) is 27.6. The summed E-state index contributed by atoms with van der Waals surface area (Å²) in [7, 11) is 1.52. The smallest absolute Gasteiger partial charge is 0.252 e. The van der Waals surface area contributed by atoms with Crippen LogP contribution in [-0.4, -0.2) is 42.5 Å². The van der Waals surface area contributed by atoms with Crippen molar-refractivity contribution in [1.29, 1.82) is 0 Å². The zero-order valence-electron chi connectivity index (χ0n) is 18.2. The molecule has 2 aromatic carbocycles. The molecule has 3 aliphatic rings. The number of carbonyl (C=O) groups excluding carboxylic acids is 2. The van der Waals surface area contributed by atoms with Gasteiger partial charge in [-0.3, -0.25) is 14.5 Å². The van der Waals surface area contributed by atoms with Crippen molar-refractivity contribution < 1.29 is 14.3 Å². The fourth-order valence-electron chi connectivity index (χ4n) is 4.00. The van der Waals surface area contributed by atoms with Gasteiger partial charge in [0.1, 0.15) is 12.3 Å². The number of ketones is 1. The molecule has 1 amide bonds. The predicted molar refractivity (Wildman–Crippen MR) is 125 cm³/mol. The van der Waals surface area contributed by atoms with E-state index in [4.69, 9.17) is 4.74 Å². The Balaban J connectivity index is 0.000000346. The minimum Gasteiger partial charge on any atom is -0.370 e. The molecule has 1 N–H and O–H groups in total. The minimum absolute atomic E-state index is 0.0291. The van der Waals surface area contributed by atoms with Gasteiger partial charge in [0.05, 0.1) is 0 Å². The maximum absolute atomic E-state index is 12.7. The number of benzene rings is 3. The Morgan fingerprint density at radius 1 is 0.938 bits per heavy atom. The van der Waals surface area contributed by atoms with Crippen LogP contribution in [0.25, 0.3) is 11.1 Å². The van der Waals surface area contributed by atoms with E-state index in [-0.39, 0.29) is 11.7 Å². The number of Topliss-reactive ketones (excluding diaryl/α,β-unsaturated/α-hetero) is 1. The summed E-state index contributed by atoms with van der Waals surface area (Å²) in [5.41, 5.74) is 4.55. The first-order valence-electron chi connectivity index (χ1n) is 11.0. The molecule has 0 radical (unpaired) electrons. The molecule has 2 unspecified atom stereocenters. The topological polar surface area (TPSA) is 58.6 Å². The number of hydrogen-bond donors (Lipinski definition) is 1. The molecule has 5 nitrogen and oxygen atoms in total. The molecule has 1 heterocycles. The largest absolute Gasteiger partial charge is 0.370 e. The number of carbonyl (C=O) groups is 2. The van der Waals surface area contributed by atoms with Crippen molar-refractivity contribution in [3.63, 3.8) is 0 Å². The molecule has 2 atom stereocenters. The highest BCUT2D eigenvalue weighted by atomic mass is 16.5. The van der Waals surface area contributed by atoms with E-state index in [1.165, 1.54) is 18.2 Å². The van der Waals surface area contributed by atoms with Gasteiger partial charge in [-0.2, -0.15) is 0 Å². The fraction of sp³-hybridized carbons (Fsp3) is 0.259. The van der Waals surface area contributed by atoms with E-state index < -0.39 is 12.3 Å². The van der Waals surface area contributed by atoms with Gasteiger partial charge in [0.25, 0.3) is 5.91 Å². The molecular formula is C27H28N2O3. The van der Waals surface area contributed by atoms with Gasteiger partial charge in [0.2, 0.25) is 0 Å². The maximum Gasteiger partial charge on any atom is 0.252 e. The standard InChI is InChI=1S/C21H24N2O3.C6H4/c1-26-19-18(24)13-8-14-23(15-16-9-4-2-5-10-16)20(19)22-21(25)17-11-6-3-7-12-17;1-2-6-4-3-5(1)6/h2-7,9-12,19-20H,8,13-15H2,1H3,(H,22,25);1-4H. The number of ether oxygens (including phenoxy) is 1. The number of rotatable bonds is 5. The van der Waals surface area contributed by atoms with E-state index in [2.05, 4.69) is 34.5 Å². The van der Waals surface area contributed by atoms with Gasteiger partial charge in [-0.1, -0.05) is 72.8 Å². The van der Waals surface area contributed by atoms with Crippen LogP contribution in [-0.2, 0) is 16.1 Å². The van der Waals surface area contributed by atoms with Crippen molar-refractivity contribution in [2.24, 2.45) is 0 Å². The Bertz CT molecular complexity index is 1010. The summed E-state index contributed by atoms with van der Waals surface area (Å²) < 4.78 is 5.49. The van der Waals surface area contributed by atoms with Gasteiger partial charge in [-0.15, -0.1) is 0 Å². The van der Waals surface area contributed by atoms with Crippen molar-refractivity contribution in [3.8, 4) is 11.1 Å². The van der Waals surface area contributed by atoms with Crippen LogP contribution in [0, 0.1) is 0 Å². The Morgan fingerprint density at radius 2 is 1.53 bits per heavy atom. The monoisotopic (exact) mass is 428 g/mol. The van der Waals surface area contributed by atoms with E-state index in [1.807, 2.05) is 48.5 Å². The summed E-state index contributed by atoms with van der Waals surface area (Å²) in [6.07, 6.45) is 0.0434. The average molecular weight is 429 g/mol. The van der Waals surface area contributed by atoms with Crippen LogP contribution in [0.1, 0.15) is 28.8 Å². The molecule has 5 heteroatoms. The van der Waals surface area contributed by atoms with E-state index >= 15 is 0 Å². The molecule has 164 valence electrons. The van der Waals surface area contributed by atoms with Crippen LogP contribution in [0.15, 0.2) is 84.9 Å². The third-order valence-electron chi connectivity index (χ3n) is 5.88. The third kappa shape index (κ3) is 5.13. The van der Waals surface area contributed by atoms with Crippen molar-refractivity contribution in [3.05, 3.63) is 96.1 Å². The van der Waals surface area contributed by atoms with Crippen LogP contribution in [0.5, 0.6) is 0 Å². The van der Waals surface area contributed by atoms with Crippen LogP contribution in [0.3, 0.4) is 0 Å². The fourth-order valence-corrected chi connectivity index (χ4v) is 4.00. The lowest BCUT2D eigenvalue weighted by Gasteiger charge is -2.34. The molecule has 0 spiro atoms. The summed E-state index contributed by atoms with van der Waals surface area (Å²) in [4.78, 5) is 27.3. The Morgan fingerprint density at radius 3 is 2.06 bits per heavy atom.